The molecule has 2 aromatic carbocycles. The lowest BCUT2D eigenvalue weighted by Crippen LogP contribution is -2.10. The SMILES string of the molecule is CC(C)n1nc(-c2ccccc2)c(-c2ccc(F)cc2)c1CC(Br)Br. The van der Waals surface area contributed by atoms with Gasteiger partial charge < -0.3 is 0 Å². The van der Waals surface area contributed by atoms with Crippen LogP contribution in [0.15, 0.2) is 54.6 Å². The van der Waals surface area contributed by atoms with Crippen molar-refractivity contribution in [3.63, 3.8) is 0 Å². The first-order valence-electron chi connectivity index (χ1n) is 8.18. The first-order valence-corrected chi connectivity index (χ1v) is 10.0. The number of hydrogen-bond acceptors (Lipinski definition) is 1. The summed E-state index contributed by atoms with van der Waals surface area (Å²) in [7, 11) is 0. The Kier molecular flexibility index (Phi) is 5.74. The Morgan fingerprint density at radius 1 is 0.960 bits per heavy atom. The van der Waals surface area contributed by atoms with E-state index in [9.17, 15) is 4.39 Å². The molecule has 0 saturated heterocycles. The minimum Gasteiger partial charge on any atom is -0.266 e. The molecule has 0 aliphatic rings. The second kappa shape index (κ2) is 7.83. The molecule has 0 amide bonds. The monoisotopic (exact) mass is 464 g/mol. The molecule has 0 aliphatic heterocycles. The summed E-state index contributed by atoms with van der Waals surface area (Å²) >= 11 is 7.19. The molecule has 2 nitrogen and oxygen atoms in total. The van der Waals surface area contributed by atoms with E-state index in [1.54, 1.807) is 0 Å². The molecule has 1 aromatic heterocycles. The predicted octanol–water partition coefficient (Wildman–Crippen LogP) is 6.60. The molecule has 0 aliphatic carbocycles. The predicted molar refractivity (Wildman–Crippen MR) is 109 cm³/mol. The van der Waals surface area contributed by atoms with Crippen LogP contribution in [0.5, 0.6) is 0 Å². The molecule has 5 heteroatoms. The van der Waals surface area contributed by atoms with Crippen molar-refractivity contribution in [1.82, 2.24) is 9.78 Å². The first kappa shape index (κ1) is 18.3. The molecule has 130 valence electrons. The zero-order valence-corrected chi connectivity index (χ0v) is 17.3. The molecule has 0 bridgehead atoms. The van der Waals surface area contributed by atoms with E-state index in [2.05, 4.69) is 62.5 Å². The van der Waals surface area contributed by atoms with Gasteiger partial charge in [-0.3, -0.25) is 4.68 Å². The van der Waals surface area contributed by atoms with Crippen molar-refractivity contribution in [2.24, 2.45) is 0 Å². The lowest BCUT2D eigenvalue weighted by molar-refractivity contribution is 0.513. The first-order chi connectivity index (χ1) is 12.0. The van der Waals surface area contributed by atoms with E-state index in [-0.39, 0.29) is 15.6 Å². The highest BCUT2D eigenvalue weighted by atomic mass is 79.9. The largest absolute Gasteiger partial charge is 0.266 e. The van der Waals surface area contributed by atoms with Crippen molar-refractivity contribution in [3.8, 4) is 22.4 Å². The molecule has 0 radical (unpaired) electrons. The van der Waals surface area contributed by atoms with Crippen molar-refractivity contribution >= 4 is 31.9 Å². The maximum absolute atomic E-state index is 13.4. The average molecular weight is 466 g/mol. The van der Waals surface area contributed by atoms with Crippen LogP contribution in [0.2, 0.25) is 0 Å². The molecular weight excluding hydrogens is 447 g/mol. The summed E-state index contributed by atoms with van der Waals surface area (Å²) in [6.45, 7) is 4.24. The van der Waals surface area contributed by atoms with Crippen LogP contribution >= 0.6 is 31.9 Å². The lowest BCUT2D eigenvalue weighted by Gasteiger charge is -2.13. The molecule has 0 unspecified atom stereocenters. The minimum absolute atomic E-state index is 0.136. The van der Waals surface area contributed by atoms with Crippen molar-refractivity contribution in [1.29, 1.82) is 0 Å². The molecule has 0 spiro atoms. The third-order valence-corrected chi connectivity index (χ3v) is 4.67. The Morgan fingerprint density at radius 2 is 1.60 bits per heavy atom. The van der Waals surface area contributed by atoms with E-state index in [1.165, 1.54) is 12.1 Å². The average Bonchev–Trinajstić information content (AvgIpc) is 2.95. The molecule has 0 fully saturated rings. The highest BCUT2D eigenvalue weighted by Gasteiger charge is 2.23. The molecule has 1 heterocycles. The van der Waals surface area contributed by atoms with Gasteiger partial charge in [-0.05, 0) is 31.5 Å². The van der Waals surface area contributed by atoms with Crippen LogP contribution in [0.4, 0.5) is 4.39 Å². The van der Waals surface area contributed by atoms with E-state index in [0.717, 1.165) is 34.5 Å². The van der Waals surface area contributed by atoms with Crippen LogP contribution in [0, 0.1) is 5.82 Å². The summed E-state index contributed by atoms with van der Waals surface area (Å²) in [6, 6.07) is 17.0. The Balaban J connectivity index is 2.28. The normalized spacial score (nSPS) is 11.5. The maximum atomic E-state index is 13.4. The Morgan fingerprint density at radius 3 is 2.16 bits per heavy atom. The maximum Gasteiger partial charge on any atom is 0.123 e. The van der Waals surface area contributed by atoms with Gasteiger partial charge in [-0.25, -0.2) is 4.39 Å². The minimum atomic E-state index is -0.235. The molecule has 0 N–H and O–H groups in total. The summed E-state index contributed by atoms with van der Waals surface area (Å²) < 4.78 is 15.6. The van der Waals surface area contributed by atoms with Gasteiger partial charge in [0, 0.05) is 29.3 Å². The zero-order valence-electron chi connectivity index (χ0n) is 14.1. The highest BCUT2D eigenvalue weighted by Crippen LogP contribution is 2.37. The van der Waals surface area contributed by atoms with Gasteiger partial charge in [-0.1, -0.05) is 74.3 Å². The summed E-state index contributed by atoms with van der Waals surface area (Å²) in [5.41, 5.74) is 5.14. The van der Waals surface area contributed by atoms with Crippen LogP contribution in [0.1, 0.15) is 25.6 Å². The fourth-order valence-corrected chi connectivity index (χ4v) is 3.57. The summed E-state index contributed by atoms with van der Waals surface area (Å²) in [6.07, 6.45) is 0.769. The van der Waals surface area contributed by atoms with E-state index in [4.69, 9.17) is 5.10 Å². The topological polar surface area (TPSA) is 17.8 Å². The number of benzene rings is 2. The van der Waals surface area contributed by atoms with Gasteiger partial charge in [0.05, 0.1) is 3.74 Å². The molecule has 25 heavy (non-hydrogen) atoms. The van der Waals surface area contributed by atoms with Crippen LogP contribution in [0.25, 0.3) is 22.4 Å². The third kappa shape index (κ3) is 4.04. The number of hydrogen-bond donors (Lipinski definition) is 0. The van der Waals surface area contributed by atoms with Gasteiger partial charge in [0.1, 0.15) is 11.5 Å². The van der Waals surface area contributed by atoms with E-state index in [0.29, 0.717) is 0 Å². The Labute approximate surface area is 164 Å². The summed E-state index contributed by atoms with van der Waals surface area (Å²) in [5.74, 6) is -0.235. The lowest BCUT2D eigenvalue weighted by atomic mass is 9.98. The number of rotatable bonds is 5. The number of alkyl halides is 2. The quantitative estimate of drug-likeness (QED) is 0.388. The Hall–Kier alpha value is -1.46. The van der Waals surface area contributed by atoms with Gasteiger partial charge >= 0.3 is 0 Å². The fraction of sp³-hybridized carbons (Fsp3) is 0.250. The van der Waals surface area contributed by atoms with Crippen LogP contribution in [-0.2, 0) is 6.42 Å². The van der Waals surface area contributed by atoms with Crippen LogP contribution in [-0.4, -0.2) is 13.5 Å². The Bertz CT molecular complexity index is 840. The second-order valence-electron chi connectivity index (χ2n) is 6.18. The van der Waals surface area contributed by atoms with Crippen LogP contribution < -0.4 is 0 Å². The van der Waals surface area contributed by atoms with E-state index in [1.807, 2.05) is 30.3 Å². The summed E-state index contributed by atoms with van der Waals surface area (Å²) in [4.78, 5) is 0. The number of halogens is 3. The van der Waals surface area contributed by atoms with Crippen molar-refractivity contribution < 1.29 is 4.39 Å². The van der Waals surface area contributed by atoms with Gasteiger partial charge in [-0.2, -0.15) is 5.10 Å². The third-order valence-electron chi connectivity index (χ3n) is 4.03. The second-order valence-corrected chi connectivity index (χ2v) is 9.62. The van der Waals surface area contributed by atoms with Crippen LogP contribution in [0.3, 0.4) is 0 Å². The van der Waals surface area contributed by atoms with Crippen molar-refractivity contribution in [3.05, 3.63) is 66.1 Å². The molecule has 3 rings (SSSR count). The van der Waals surface area contributed by atoms with E-state index >= 15 is 0 Å². The smallest absolute Gasteiger partial charge is 0.123 e. The van der Waals surface area contributed by atoms with Gasteiger partial charge in [0.25, 0.3) is 0 Å². The van der Waals surface area contributed by atoms with Gasteiger partial charge in [0.2, 0.25) is 0 Å². The number of aromatic nitrogens is 2. The molecular formula is C20H19Br2FN2. The molecule has 0 atom stereocenters. The van der Waals surface area contributed by atoms with Crippen molar-refractivity contribution in [2.45, 2.75) is 30.0 Å². The fourth-order valence-electron chi connectivity index (χ4n) is 2.96. The number of nitrogens with zero attached hydrogens (tertiary/aromatic N) is 2. The summed E-state index contributed by atoms with van der Waals surface area (Å²) in [5, 5.41) is 4.91. The van der Waals surface area contributed by atoms with E-state index < -0.39 is 0 Å². The zero-order chi connectivity index (χ0) is 18.0. The highest BCUT2D eigenvalue weighted by molar-refractivity contribution is 9.24. The standard InChI is InChI=1S/C20H19Br2FN2/c1-13(2)25-17(12-18(21)22)19(14-8-10-16(23)11-9-14)20(24-25)15-6-4-3-5-7-15/h3-11,13,18H,12H2,1-2H3. The molecule has 3 aromatic rings. The van der Waals surface area contributed by atoms with Gasteiger partial charge in [-0.15, -0.1) is 0 Å². The molecule has 0 saturated carbocycles. The van der Waals surface area contributed by atoms with Gasteiger partial charge in [0.15, 0.2) is 0 Å². The van der Waals surface area contributed by atoms with Crippen molar-refractivity contribution in [2.75, 3.05) is 0 Å².